The van der Waals surface area contributed by atoms with Crippen molar-refractivity contribution in [3.05, 3.63) is 0 Å². The highest BCUT2D eigenvalue weighted by molar-refractivity contribution is 7.89. The number of carboxylic acids is 1. The summed E-state index contributed by atoms with van der Waals surface area (Å²) in [6.45, 7) is 1.91. The summed E-state index contributed by atoms with van der Waals surface area (Å²) >= 11 is 0. The number of hydrogen-bond donors (Lipinski definition) is 2. The summed E-state index contributed by atoms with van der Waals surface area (Å²) in [5.41, 5.74) is 0. The van der Waals surface area contributed by atoms with Gasteiger partial charge in [0.05, 0.1) is 5.75 Å². The van der Waals surface area contributed by atoms with Crippen LogP contribution in [0.2, 0.25) is 0 Å². The topological polar surface area (TPSA) is 104 Å². The Kier molecular flexibility index (Phi) is 6.62. The molecule has 2 aliphatic rings. The summed E-state index contributed by atoms with van der Waals surface area (Å²) in [6, 6.07) is -1.68. The Morgan fingerprint density at radius 1 is 1.17 bits per heavy atom. The van der Waals surface area contributed by atoms with Crippen LogP contribution in [0.25, 0.3) is 0 Å². The molecule has 2 atom stereocenters. The molecule has 1 heterocycles. The normalized spacial score (nSPS) is 24.0. The Balaban J connectivity index is 2.13. The molecule has 8 heteroatoms. The molecule has 7 nitrogen and oxygen atoms in total. The summed E-state index contributed by atoms with van der Waals surface area (Å²) in [5, 5.41) is 9.28. The summed E-state index contributed by atoms with van der Waals surface area (Å²) in [4.78, 5) is 25.5. The largest absolute Gasteiger partial charge is 0.480 e. The molecule has 2 fully saturated rings. The quantitative estimate of drug-likeness (QED) is 0.713. The van der Waals surface area contributed by atoms with E-state index in [1.54, 1.807) is 0 Å². The predicted molar refractivity (Wildman–Crippen MR) is 89.9 cm³/mol. The molecule has 138 valence electrons. The fourth-order valence-electron chi connectivity index (χ4n) is 3.74. The van der Waals surface area contributed by atoms with Gasteiger partial charge in [-0.15, -0.1) is 0 Å². The lowest BCUT2D eigenvalue weighted by atomic mass is 9.84. The van der Waals surface area contributed by atoms with Crippen LogP contribution in [-0.2, 0) is 19.6 Å². The molecule has 1 amide bonds. The number of carboxylic acid groups (broad SMARTS) is 1. The minimum atomic E-state index is -3.53. The zero-order valence-corrected chi connectivity index (χ0v) is 15.1. The smallest absolute Gasteiger partial charge is 0.326 e. The van der Waals surface area contributed by atoms with E-state index in [0.29, 0.717) is 31.7 Å². The fourth-order valence-corrected chi connectivity index (χ4v) is 4.54. The molecular weight excluding hydrogens is 332 g/mol. The van der Waals surface area contributed by atoms with E-state index in [0.717, 1.165) is 25.7 Å². The van der Waals surface area contributed by atoms with Crippen LogP contribution in [-0.4, -0.2) is 54.7 Å². The van der Waals surface area contributed by atoms with Crippen molar-refractivity contribution in [3.63, 3.8) is 0 Å². The summed E-state index contributed by atoms with van der Waals surface area (Å²) in [7, 11) is -3.53. The number of likely N-dealkylation sites (tertiary alicyclic amines) is 1. The first kappa shape index (κ1) is 19.2. The minimum absolute atomic E-state index is 0.0934. The summed E-state index contributed by atoms with van der Waals surface area (Å²) < 4.78 is 26.5. The van der Waals surface area contributed by atoms with Gasteiger partial charge in [0.15, 0.2) is 0 Å². The molecule has 1 aliphatic carbocycles. The van der Waals surface area contributed by atoms with E-state index < -0.39 is 28.1 Å². The second-order valence-corrected chi connectivity index (χ2v) is 8.88. The maximum Gasteiger partial charge on any atom is 0.326 e. The van der Waals surface area contributed by atoms with E-state index >= 15 is 0 Å². The molecule has 1 saturated carbocycles. The molecule has 0 spiro atoms. The average molecular weight is 360 g/mol. The van der Waals surface area contributed by atoms with Crippen molar-refractivity contribution in [1.29, 1.82) is 0 Å². The first-order chi connectivity index (χ1) is 11.3. The van der Waals surface area contributed by atoms with Gasteiger partial charge >= 0.3 is 5.97 Å². The third-order valence-electron chi connectivity index (χ3n) is 5.11. The first-order valence-corrected chi connectivity index (χ1v) is 10.5. The molecule has 1 unspecified atom stereocenters. The number of rotatable bonds is 7. The lowest BCUT2D eigenvalue weighted by Gasteiger charge is -2.30. The first-order valence-electron chi connectivity index (χ1n) is 8.87. The maximum atomic E-state index is 12.9. The molecule has 0 aromatic carbocycles. The van der Waals surface area contributed by atoms with Crippen molar-refractivity contribution in [2.75, 3.05) is 12.3 Å². The molecule has 0 radical (unpaired) electrons. The molecule has 0 bridgehead atoms. The van der Waals surface area contributed by atoms with Gasteiger partial charge in [0.25, 0.3) is 0 Å². The molecule has 2 rings (SSSR count). The van der Waals surface area contributed by atoms with Crippen LogP contribution in [0.5, 0.6) is 0 Å². The van der Waals surface area contributed by atoms with Gasteiger partial charge in [0.1, 0.15) is 12.1 Å². The number of hydrogen-bond acceptors (Lipinski definition) is 4. The number of carbonyl (C=O) groups is 2. The van der Waals surface area contributed by atoms with E-state index in [1.807, 2.05) is 0 Å². The van der Waals surface area contributed by atoms with Gasteiger partial charge in [-0.3, -0.25) is 4.79 Å². The molecule has 24 heavy (non-hydrogen) atoms. The van der Waals surface area contributed by atoms with Gasteiger partial charge in [-0.05, 0) is 32.1 Å². The van der Waals surface area contributed by atoms with Gasteiger partial charge in [-0.25, -0.2) is 17.9 Å². The van der Waals surface area contributed by atoms with Gasteiger partial charge < -0.3 is 10.0 Å². The van der Waals surface area contributed by atoms with E-state index in [2.05, 4.69) is 4.72 Å². The number of nitrogens with one attached hydrogen (secondary N) is 1. The van der Waals surface area contributed by atoms with Crippen LogP contribution in [0.15, 0.2) is 0 Å². The van der Waals surface area contributed by atoms with Gasteiger partial charge in [0.2, 0.25) is 15.9 Å². The highest BCUT2D eigenvalue weighted by atomic mass is 32.2. The Bertz CT molecular complexity index is 557. The van der Waals surface area contributed by atoms with Crippen LogP contribution >= 0.6 is 0 Å². The summed E-state index contributed by atoms with van der Waals surface area (Å²) in [6.07, 6.45) is 6.92. The lowest BCUT2D eigenvalue weighted by molar-refractivity contribution is -0.149. The third kappa shape index (κ3) is 4.92. The van der Waals surface area contributed by atoms with Crippen molar-refractivity contribution < 1.29 is 23.1 Å². The highest BCUT2D eigenvalue weighted by Gasteiger charge is 2.38. The van der Waals surface area contributed by atoms with Crippen molar-refractivity contribution in [1.82, 2.24) is 9.62 Å². The molecule has 1 saturated heterocycles. The lowest BCUT2D eigenvalue weighted by Crippen LogP contribution is -2.52. The third-order valence-corrected chi connectivity index (χ3v) is 6.52. The molecule has 0 aromatic heterocycles. The Labute approximate surface area is 143 Å². The van der Waals surface area contributed by atoms with Gasteiger partial charge in [-0.2, -0.15) is 0 Å². The van der Waals surface area contributed by atoms with E-state index in [1.165, 1.54) is 18.2 Å². The van der Waals surface area contributed by atoms with Crippen molar-refractivity contribution >= 4 is 21.9 Å². The zero-order valence-electron chi connectivity index (χ0n) is 14.2. The minimum Gasteiger partial charge on any atom is -0.480 e. The van der Waals surface area contributed by atoms with Crippen LogP contribution in [0, 0.1) is 5.92 Å². The maximum absolute atomic E-state index is 12.9. The van der Waals surface area contributed by atoms with Crippen molar-refractivity contribution in [2.45, 2.75) is 70.4 Å². The number of aliphatic carboxylic acids is 1. The SMILES string of the molecule is CCS(=O)(=O)N[C@H](CC1CCCCC1)C(=O)N1CCCC1C(=O)O. The van der Waals surface area contributed by atoms with Gasteiger partial charge in [-0.1, -0.05) is 32.1 Å². The van der Waals surface area contributed by atoms with Crippen molar-refractivity contribution in [2.24, 2.45) is 5.92 Å². The fraction of sp³-hybridized carbons (Fsp3) is 0.875. The van der Waals surface area contributed by atoms with Crippen molar-refractivity contribution in [3.8, 4) is 0 Å². The Morgan fingerprint density at radius 2 is 1.83 bits per heavy atom. The molecular formula is C16H28N2O5S. The number of sulfonamides is 1. The predicted octanol–water partition coefficient (Wildman–Crippen LogP) is 1.34. The van der Waals surface area contributed by atoms with E-state index in [9.17, 15) is 23.1 Å². The van der Waals surface area contributed by atoms with Gasteiger partial charge in [0, 0.05) is 6.54 Å². The number of carbonyl (C=O) groups excluding carboxylic acids is 1. The standard InChI is InChI=1S/C16H28N2O5S/c1-2-24(22,23)17-13(11-12-7-4-3-5-8-12)15(19)18-10-6-9-14(18)16(20)21/h12-14,17H,2-11H2,1H3,(H,20,21)/t13-,14?/m1/s1. The van der Waals surface area contributed by atoms with Crippen LogP contribution in [0.3, 0.4) is 0 Å². The highest BCUT2D eigenvalue weighted by Crippen LogP contribution is 2.29. The van der Waals surface area contributed by atoms with Crippen LogP contribution in [0.4, 0.5) is 0 Å². The number of nitrogens with zero attached hydrogens (tertiary/aromatic N) is 1. The monoisotopic (exact) mass is 360 g/mol. The molecule has 0 aromatic rings. The van der Waals surface area contributed by atoms with Crippen LogP contribution < -0.4 is 4.72 Å². The van der Waals surface area contributed by atoms with Crippen LogP contribution in [0.1, 0.15) is 58.3 Å². The average Bonchev–Trinajstić information content (AvgIpc) is 3.04. The zero-order chi connectivity index (χ0) is 17.7. The number of amides is 1. The summed E-state index contributed by atoms with van der Waals surface area (Å²) in [5.74, 6) is -1.18. The van der Waals surface area contributed by atoms with E-state index in [4.69, 9.17) is 0 Å². The van der Waals surface area contributed by atoms with E-state index in [-0.39, 0.29) is 11.7 Å². The Morgan fingerprint density at radius 3 is 2.42 bits per heavy atom. The molecule has 1 aliphatic heterocycles. The second kappa shape index (κ2) is 8.29. The second-order valence-electron chi connectivity index (χ2n) is 6.84. The Hall–Kier alpha value is -1.15. The molecule has 2 N–H and O–H groups in total.